The summed E-state index contributed by atoms with van der Waals surface area (Å²) in [6, 6.07) is 18.3. The molecule has 0 bridgehead atoms. The van der Waals surface area contributed by atoms with Crippen molar-refractivity contribution < 1.29 is 9.59 Å². The van der Waals surface area contributed by atoms with E-state index in [0.717, 1.165) is 11.1 Å². The van der Waals surface area contributed by atoms with Crippen LogP contribution in [0.25, 0.3) is 11.1 Å². The lowest BCUT2D eigenvalue weighted by atomic mass is 9.99. The number of hydrogen-bond acceptors (Lipinski definition) is 2. The van der Waals surface area contributed by atoms with Gasteiger partial charge in [0.2, 0.25) is 5.91 Å². The van der Waals surface area contributed by atoms with E-state index < -0.39 is 0 Å². The lowest BCUT2D eigenvalue weighted by Crippen LogP contribution is -2.38. The molecular formula is C20H19NO2. The summed E-state index contributed by atoms with van der Waals surface area (Å²) in [4.78, 5) is 25.0. The van der Waals surface area contributed by atoms with Crippen molar-refractivity contribution in [3.05, 3.63) is 72.3 Å². The molecule has 2 amide bonds. The molecule has 1 aliphatic rings. The summed E-state index contributed by atoms with van der Waals surface area (Å²) >= 11 is 0. The van der Waals surface area contributed by atoms with E-state index in [1.165, 1.54) is 17.4 Å². The molecule has 2 aromatic rings. The van der Waals surface area contributed by atoms with Gasteiger partial charge in [-0.2, -0.15) is 0 Å². The molecule has 2 aromatic carbocycles. The Morgan fingerprint density at radius 2 is 1.70 bits per heavy atom. The third kappa shape index (κ3) is 3.09. The molecule has 3 rings (SSSR count). The van der Waals surface area contributed by atoms with Crippen LogP contribution in [-0.2, 0) is 16.0 Å². The van der Waals surface area contributed by atoms with Crippen LogP contribution in [-0.4, -0.2) is 22.8 Å². The van der Waals surface area contributed by atoms with Crippen molar-refractivity contribution in [1.82, 2.24) is 4.90 Å². The van der Waals surface area contributed by atoms with Gasteiger partial charge in [-0.1, -0.05) is 61.2 Å². The monoisotopic (exact) mass is 305 g/mol. The molecule has 3 nitrogen and oxygen atoms in total. The number of imide groups is 1. The van der Waals surface area contributed by atoms with Crippen molar-refractivity contribution in [3.8, 4) is 11.1 Å². The van der Waals surface area contributed by atoms with Gasteiger partial charge in [0, 0.05) is 18.5 Å². The van der Waals surface area contributed by atoms with E-state index in [9.17, 15) is 9.59 Å². The van der Waals surface area contributed by atoms with Gasteiger partial charge in [0.15, 0.2) is 0 Å². The average Bonchev–Trinajstić information content (AvgIpc) is 2.83. The van der Waals surface area contributed by atoms with Gasteiger partial charge in [0.25, 0.3) is 5.91 Å². The third-order valence-electron chi connectivity index (χ3n) is 4.24. The number of nitrogens with zero attached hydrogens (tertiary/aromatic N) is 1. The zero-order valence-corrected chi connectivity index (χ0v) is 13.2. The van der Waals surface area contributed by atoms with Crippen LogP contribution in [0.4, 0.5) is 0 Å². The smallest absolute Gasteiger partial charge is 0.256 e. The topological polar surface area (TPSA) is 37.4 Å². The summed E-state index contributed by atoms with van der Waals surface area (Å²) in [5.41, 5.74) is 3.97. The second-order valence-corrected chi connectivity index (χ2v) is 5.92. The van der Waals surface area contributed by atoms with E-state index in [4.69, 9.17) is 0 Å². The average molecular weight is 305 g/mol. The Balaban J connectivity index is 1.77. The Bertz CT molecular complexity index is 747. The minimum absolute atomic E-state index is 0.116. The van der Waals surface area contributed by atoms with Crippen LogP contribution in [0, 0.1) is 0 Å². The SMILES string of the molecule is C=C1C[C@@H](Cc2ccc(-c3ccccc3)cc2)N(C(C)=O)C1=O. The van der Waals surface area contributed by atoms with Crippen LogP contribution in [0.3, 0.4) is 0 Å². The van der Waals surface area contributed by atoms with E-state index in [2.05, 4.69) is 43.0 Å². The number of carbonyl (C=O) groups excluding carboxylic acids is 2. The molecule has 3 heteroatoms. The Morgan fingerprint density at radius 3 is 2.30 bits per heavy atom. The summed E-state index contributed by atoms with van der Waals surface area (Å²) in [5.74, 6) is -0.442. The van der Waals surface area contributed by atoms with E-state index in [1.54, 1.807) is 0 Å². The van der Waals surface area contributed by atoms with E-state index in [-0.39, 0.29) is 17.9 Å². The number of carbonyl (C=O) groups is 2. The molecular weight excluding hydrogens is 286 g/mol. The van der Waals surface area contributed by atoms with Crippen molar-refractivity contribution in [2.24, 2.45) is 0 Å². The first-order valence-corrected chi connectivity index (χ1v) is 7.72. The first-order valence-electron chi connectivity index (χ1n) is 7.72. The summed E-state index contributed by atoms with van der Waals surface area (Å²) < 4.78 is 0. The van der Waals surface area contributed by atoms with E-state index >= 15 is 0 Å². The van der Waals surface area contributed by atoms with Gasteiger partial charge in [-0.15, -0.1) is 0 Å². The maximum atomic E-state index is 12.0. The normalized spacial score (nSPS) is 17.6. The summed E-state index contributed by atoms with van der Waals surface area (Å²) in [6.45, 7) is 5.20. The predicted octanol–water partition coefficient (Wildman–Crippen LogP) is 3.60. The van der Waals surface area contributed by atoms with Gasteiger partial charge >= 0.3 is 0 Å². The highest BCUT2D eigenvalue weighted by Crippen LogP contribution is 2.27. The molecule has 0 saturated carbocycles. The van der Waals surface area contributed by atoms with Crippen LogP contribution >= 0.6 is 0 Å². The van der Waals surface area contributed by atoms with Crippen molar-refractivity contribution in [3.63, 3.8) is 0 Å². The minimum atomic E-state index is -0.233. The molecule has 0 aromatic heterocycles. The lowest BCUT2D eigenvalue weighted by molar-refractivity contribution is -0.141. The van der Waals surface area contributed by atoms with Crippen LogP contribution in [0.5, 0.6) is 0 Å². The van der Waals surface area contributed by atoms with Crippen LogP contribution in [0.15, 0.2) is 66.7 Å². The minimum Gasteiger partial charge on any atom is -0.275 e. The number of amides is 2. The molecule has 1 heterocycles. The van der Waals surface area contributed by atoms with E-state index in [0.29, 0.717) is 18.4 Å². The molecule has 0 unspecified atom stereocenters. The fourth-order valence-electron chi connectivity index (χ4n) is 3.10. The second-order valence-electron chi connectivity index (χ2n) is 5.92. The molecule has 1 atom stereocenters. The second kappa shape index (κ2) is 6.21. The summed E-state index contributed by atoms with van der Waals surface area (Å²) in [7, 11) is 0. The molecule has 1 saturated heterocycles. The van der Waals surface area contributed by atoms with Crippen LogP contribution in [0.2, 0.25) is 0 Å². The lowest BCUT2D eigenvalue weighted by Gasteiger charge is -2.21. The molecule has 23 heavy (non-hydrogen) atoms. The largest absolute Gasteiger partial charge is 0.275 e. The van der Waals surface area contributed by atoms with Crippen LogP contribution < -0.4 is 0 Å². The molecule has 116 valence electrons. The van der Waals surface area contributed by atoms with Gasteiger partial charge in [-0.05, 0) is 29.5 Å². The first kappa shape index (κ1) is 15.2. The van der Waals surface area contributed by atoms with Crippen molar-refractivity contribution in [1.29, 1.82) is 0 Å². The molecule has 1 aliphatic heterocycles. The highest BCUT2D eigenvalue weighted by atomic mass is 16.2. The fraction of sp³-hybridized carbons (Fsp3) is 0.200. The zero-order chi connectivity index (χ0) is 16.4. The quantitative estimate of drug-likeness (QED) is 0.813. The number of hydrogen-bond donors (Lipinski definition) is 0. The van der Waals surface area contributed by atoms with Crippen molar-refractivity contribution >= 4 is 11.8 Å². The fourth-order valence-corrected chi connectivity index (χ4v) is 3.10. The van der Waals surface area contributed by atoms with Gasteiger partial charge in [0.05, 0.1) is 0 Å². The highest BCUT2D eigenvalue weighted by molar-refractivity contribution is 6.05. The standard InChI is InChI=1S/C20H19NO2/c1-14-12-19(21(15(2)22)20(14)23)13-16-8-10-18(11-9-16)17-6-4-3-5-7-17/h3-11,19H,1,12-13H2,2H3/t19-/m0/s1. The number of rotatable bonds is 3. The molecule has 0 aliphatic carbocycles. The Morgan fingerprint density at radius 1 is 1.09 bits per heavy atom. The van der Waals surface area contributed by atoms with Crippen molar-refractivity contribution in [2.75, 3.05) is 0 Å². The summed E-state index contributed by atoms with van der Waals surface area (Å²) in [5, 5.41) is 0. The molecule has 0 radical (unpaired) electrons. The van der Waals surface area contributed by atoms with Crippen molar-refractivity contribution in [2.45, 2.75) is 25.8 Å². The number of likely N-dealkylation sites (tertiary alicyclic amines) is 1. The maximum Gasteiger partial charge on any atom is 0.256 e. The Hall–Kier alpha value is -2.68. The summed E-state index contributed by atoms with van der Waals surface area (Å²) in [6.07, 6.45) is 1.22. The van der Waals surface area contributed by atoms with Gasteiger partial charge in [0.1, 0.15) is 0 Å². The Kier molecular flexibility index (Phi) is 4.11. The maximum absolute atomic E-state index is 12.0. The third-order valence-corrected chi connectivity index (χ3v) is 4.24. The predicted molar refractivity (Wildman–Crippen MR) is 90.7 cm³/mol. The van der Waals surface area contributed by atoms with Gasteiger partial charge in [-0.25, -0.2) is 0 Å². The van der Waals surface area contributed by atoms with Crippen LogP contribution in [0.1, 0.15) is 18.9 Å². The molecule has 0 spiro atoms. The first-order chi connectivity index (χ1) is 11.1. The molecule has 0 N–H and O–H groups in total. The highest BCUT2D eigenvalue weighted by Gasteiger charge is 2.36. The van der Waals surface area contributed by atoms with Gasteiger partial charge in [-0.3, -0.25) is 14.5 Å². The Labute approximate surface area is 136 Å². The molecule has 1 fully saturated rings. The zero-order valence-electron chi connectivity index (χ0n) is 13.2. The van der Waals surface area contributed by atoms with E-state index in [1.807, 2.05) is 18.2 Å². The number of benzene rings is 2. The van der Waals surface area contributed by atoms with Gasteiger partial charge < -0.3 is 0 Å².